The van der Waals surface area contributed by atoms with E-state index in [4.69, 9.17) is 10.9 Å². The maximum atomic E-state index is 10.1. The van der Waals surface area contributed by atoms with Gasteiger partial charge in [0.15, 0.2) is 0 Å². The molecule has 1 aliphatic rings. The molecule has 0 aromatic rings. The van der Waals surface area contributed by atoms with Crippen LogP contribution < -0.4 is 5.84 Å². The lowest BCUT2D eigenvalue weighted by molar-refractivity contribution is -0.142. The molecule has 1 aliphatic carbocycles. The third-order valence-corrected chi connectivity index (χ3v) is 1.50. The first-order chi connectivity index (χ1) is 4.24. The Labute approximate surface area is 52.4 Å². The fraction of sp³-hybridized carbons (Fsp3) is 0.600. The smallest absolute Gasteiger partial charge is 0.307 e. The van der Waals surface area contributed by atoms with Crippen molar-refractivity contribution in [1.82, 2.24) is 0 Å². The van der Waals surface area contributed by atoms with Gasteiger partial charge in [-0.25, -0.2) is 0 Å². The summed E-state index contributed by atoms with van der Waals surface area (Å²) in [5.74, 6) is 3.91. The molecule has 4 nitrogen and oxygen atoms in total. The minimum absolute atomic E-state index is 0.229. The van der Waals surface area contributed by atoms with Gasteiger partial charge in [0.25, 0.3) is 0 Å². The monoisotopic (exact) mass is 128 g/mol. The molecular formula is C5H8N2O2. The first-order valence-electron chi connectivity index (χ1n) is 2.72. The van der Waals surface area contributed by atoms with E-state index in [9.17, 15) is 4.79 Å². The van der Waals surface area contributed by atoms with Gasteiger partial charge in [-0.05, 0) is 0 Å². The van der Waals surface area contributed by atoms with Crippen LogP contribution >= 0.6 is 0 Å². The summed E-state index contributed by atoms with van der Waals surface area (Å²) in [6, 6.07) is 0. The van der Waals surface area contributed by atoms with Gasteiger partial charge >= 0.3 is 5.97 Å². The molecule has 0 aromatic heterocycles. The Morgan fingerprint density at radius 1 is 1.78 bits per heavy atom. The van der Waals surface area contributed by atoms with Crippen molar-refractivity contribution in [3.63, 3.8) is 0 Å². The number of carboxylic acids is 1. The van der Waals surface area contributed by atoms with Crippen molar-refractivity contribution in [3.05, 3.63) is 0 Å². The molecule has 0 spiro atoms. The van der Waals surface area contributed by atoms with Gasteiger partial charge in [0.1, 0.15) is 0 Å². The molecule has 3 N–H and O–H groups in total. The van der Waals surface area contributed by atoms with E-state index in [-0.39, 0.29) is 5.92 Å². The maximum absolute atomic E-state index is 10.1. The Kier molecular flexibility index (Phi) is 1.38. The van der Waals surface area contributed by atoms with Crippen LogP contribution in [-0.4, -0.2) is 16.8 Å². The highest BCUT2D eigenvalue weighted by Crippen LogP contribution is 2.23. The first-order valence-corrected chi connectivity index (χ1v) is 2.72. The van der Waals surface area contributed by atoms with Crippen LogP contribution in [0.3, 0.4) is 0 Å². The molecular weight excluding hydrogens is 120 g/mol. The number of nitrogens with zero attached hydrogens (tertiary/aromatic N) is 1. The predicted octanol–water partition coefficient (Wildman–Crippen LogP) is -0.204. The summed E-state index contributed by atoms with van der Waals surface area (Å²) < 4.78 is 0. The molecule has 0 aliphatic heterocycles. The van der Waals surface area contributed by atoms with E-state index in [0.717, 1.165) is 5.71 Å². The number of carboxylic acid groups (broad SMARTS) is 1. The summed E-state index contributed by atoms with van der Waals surface area (Å²) in [4.78, 5) is 10.1. The Balaban J connectivity index is 2.35. The van der Waals surface area contributed by atoms with Gasteiger partial charge in [0, 0.05) is 18.6 Å². The molecule has 0 radical (unpaired) electrons. The number of aliphatic carboxylic acids is 1. The van der Waals surface area contributed by atoms with Crippen molar-refractivity contribution in [3.8, 4) is 0 Å². The van der Waals surface area contributed by atoms with Gasteiger partial charge < -0.3 is 10.9 Å². The highest BCUT2D eigenvalue weighted by atomic mass is 16.4. The van der Waals surface area contributed by atoms with Gasteiger partial charge in [-0.2, -0.15) is 5.10 Å². The van der Waals surface area contributed by atoms with Crippen LogP contribution in [0.2, 0.25) is 0 Å². The molecule has 0 unspecified atom stereocenters. The van der Waals surface area contributed by atoms with Gasteiger partial charge in [-0.1, -0.05) is 0 Å². The molecule has 4 heteroatoms. The first kappa shape index (κ1) is 6.07. The van der Waals surface area contributed by atoms with Gasteiger partial charge in [-0.15, -0.1) is 0 Å². The lowest BCUT2D eigenvalue weighted by Gasteiger charge is -2.22. The fourth-order valence-corrected chi connectivity index (χ4v) is 0.789. The molecule has 1 rings (SSSR count). The normalized spacial score (nSPS) is 24.9. The van der Waals surface area contributed by atoms with E-state index in [1.807, 2.05) is 0 Å². The van der Waals surface area contributed by atoms with Crippen LogP contribution in [-0.2, 0) is 4.79 Å². The van der Waals surface area contributed by atoms with Crippen LogP contribution in [0.4, 0.5) is 0 Å². The van der Waals surface area contributed by atoms with Crippen molar-refractivity contribution in [1.29, 1.82) is 0 Å². The van der Waals surface area contributed by atoms with Crippen molar-refractivity contribution in [2.45, 2.75) is 12.8 Å². The van der Waals surface area contributed by atoms with E-state index in [2.05, 4.69) is 5.10 Å². The van der Waals surface area contributed by atoms with Crippen LogP contribution in [0.15, 0.2) is 5.10 Å². The largest absolute Gasteiger partial charge is 0.481 e. The number of carbonyl (C=O) groups is 1. The summed E-state index contributed by atoms with van der Waals surface area (Å²) in [7, 11) is 0. The number of rotatable bonds is 1. The minimum Gasteiger partial charge on any atom is -0.481 e. The number of hydrogen-bond donors (Lipinski definition) is 2. The molecule has 1 saturated carbocycles. The van der Waals surface area contributed by atoms with Crippen molar-refractivity contribution in [2.24, 2.45) is 16.9 Å². The zero-order valence-electron chi connectivity index (χ0n) is 4.87. The zero-order valence-corrected chi connectivity index (χ0v) is 4.87. The SMILES string of the molecule is NN=C1CC(C(=O)O)C1. The second-order valence-corrected chi connectivity index (χ2v) is 2.14. The summed E-state index contributed by atoms with van der Waals surface area (Å²) in [6.45, 7) is 0. The van der Waals surface area contributed by atoms with Crippen LogP contribution in [0.1, 0.15) is 12.8 Å². The maximum Gasteiger partial charge on any atom is 0.307 e. The van der Waals surface area contributed by atoms with Crippen LogP contribution in [0.5, 0.6) is 0 Å². The van der Waals surface area contributed by atoms with E-state index in [1.165, 1.54) is 0 Å². The third-order valence-electron chi connectivity index (χ3n) is 1.50. The third kappa shape index (κ3) is 1.01. The van der Waals surface area contributed by atoms with E-state index in [1.54, 1.807) is 0 Å². The minimum atomic E-state index is -0.748. The fourth-order valence-electron chi connectivity index (χ4n) is 0.789. The summed E-state index contributed by atoms with van der Waals surface area (Å²) in [6.07, 6.45) is 1.07. The van der Waals surface area contributed by atoms with Crippen molar-refractivity contribution >= 4 is 11.7 Å². The number of nitrogens with two attached hydrogens (primary N) is 1. The number of hydrogen-bond acceptors (Lipinski definition) is 3. The lowest BCUT2D eigenvalue weighted by atomic mass is 9.83. The van der Waals surface area contributed by atoms with Crippen LogP contribution in [0.25, 0.3) is 0 Å². The number of hydrazone groups is 1. The Morgan fingerprint density at radius 3 is 2.67 bits per heavy atom. The molecule has 0 heterocycles. The van der Waals surface area contributed by atoms with E-state index >= 15 is 0 Å². The Morgan fingerprint density at radius 2 is 2.33 bits per heavy atom. The average molecular weight is 128 g/mol. The van der Waals surface area contributed by atoms with Crippen molar-refractivity contribution in [2.75, 3.05) is 0 Å². The average Bonchev–Trinajstić information content (AvgIpc) is 1.61. The quantitative estimate of drug-likeness (QED) is 0.379. The second kappa shape index (κ2) is 2.05. The molecule has 0 bridgehead atoms. The van der Waals surface area contributed by atoms with E-state index in [0.29, 0.717) is 12.8 Å². The topological polar surface area (TPSA) is 75.7 Å². The Hall–Kier alpha value is -1.06. The standard InChI is InChI=1S/C5H8N2O2/c6-7-4-1-3(2-4)5(8)9/h3H,1-2,6H2,(H,8,9). The second-order valence-electron chi connectivity index (χ2n) is 2.14. The zero-order chi connectivity index (χ0) is 6.85. The van der Waals surface area contributed by atoms with Gasteiger partial charge in [-0.3, -0.25) is 4.79 Å². The molecule has 0 amide bonds. The van der Waals surface area contributed by atoms with E-state index < -0.39 is 5.97 Å². The summed E-state index contributed by atoms with van der Waals surface area (Å²) >= 11 is 0. The highest BCUT2D eigenvalue weighted by Gasteiger charge is 2.30. The summed E-state index contributed by atoms with van der Waals surface area (Å²) in [5.41, 5.74) is 0.808. The molecule has 1 fully saturated rings. The predicted molar refractivity (Wildman–Crippen MR) is 32.0 cm³/mol. The van der Waals surface area contributed by atoms with Gasteiger partial charge in [0.2, 0.25) is 0 Å². The van der Waals surface area contributed by atoms with Gasteiger partial charge in [0.05, 0.1) is 5.92 Å². The Bertz CT molecular complexity index is 156. The van der Waals surface area contributed by atoms with Crippen LogP contribution in [0, 0.1) is 5.92 Å². The highest BCUT2D eigenvalue weighted by molar-refractivity contribution is 5.97. The summed E-state index contributed by atoms with van der Waals surface area (Å²) in [5, 5.41) is 11.7. The molecule has 0 aromatic carbocycles. The molecule has 0 saturated heterocycles. The molecule has 0 atom stereocenters. The molecule has 50 valence electrons. The van der Waals surface area contributed by atoms with Crippen molar-refractivity contribution < 1.29 is 9.90 Å². The molecule has 9 heavy (non-hydrogen) atoms. The lowest BCUT2D eigenvalue weighted by Crippen LogP contribution is -2.31.